The molecule has 0 bridgehead atoms. The Labute approximate surface area is 90.5 Å². The van der Waals surface area contributed by atoms with Crippen LogP contribution in [0, 0.1) is 0 Å². The van der Waals surface area contributed by atoms with E-state index in [4.69, 9.17) is 5.73 Å². The Morgan fingerprint density at radius 3 is 2.86 bits per heavy atom. The Balaban J connectivity index is 3.74. The van der Waals surface area contributed by atoms with Crippen LogP contribution in [0.5, 0.6) is 0 Å². The smallest absolute Gasteiger partial charge is 0.237 e. The SMILES string of the molecule is C=CCC(N)C(=O)NC(C)CSCC. The zero-order valence-electron chi connectivity index (χ0n) is 8.95. The van der Waals surface area contributed by atoms with Gasteiger partial charge in [-0.25, -0.2) is 0 Å². The van der Waals surface area contributed by atoms with Gasteiger partial charge in [-0.2, -0.15) is 11.8 Å². The fraction of sp³-hybridized carbons (Fsp3) is 0.700. The van der Waals surface area contributed by atoms with Crippen molar-refractivity contribution in [1.82, 2.24) is 5.32 Å². The van der Waals surface area contributed by atoms with Crippen molar-refractivity contribution >= 4 is 17.7 Å². The summed E-state index contributed by atoms with van der Waals surface area (Å²) < 4.78 is 0. The van der Waals surface area contributed by atoms with E-state index in [9.17, 15) is 4.79 Å². The fourth-order valence-electron chi connectivity index (χ4n) is 0.973. The Hall–Kier alpha value is -0.480. The summed E-state index contributed by atoms with van der Waals surface area (Å²) in [5.74, 6) is 1.91. The molecule has 0 aromatic rings. The van der Waals surface area contributed by atoms with Crippen LogP contribution in [0.2, 0.25) is 0 Å². The molecule has 0 saturated heterocycles. The highest BCUT2D eigenvalue weighted by molar-refractivity contribution is 7.99. The van der Waals surface area contributed by atoms with Crippen molar-refractivity contribution in [2.45, 2.75) is 32.4 Å². The van der Waals surface area contributed by atoms with Gasteiger partial charge < -0.3 is 11.1 Å². The number of carbonyl (C=O) groups is 1. The molecule has 0 rings (SSSR count). The lowest BCUT2D eigenvalue weighted by molar-refractivity contribution is -0.122. The molecule has 0 aromatic carbocycles. The maximum absolute atomic E-state index is 11.4. The second kappa shape index (κ2) is 7.88. The molecule has 0 heterocycles. The fourth-order valence-corrected chi connectivity index (χ4v) is 1.65. The third-order valence-corrected chi connectivity index (χ3v) is 2.86. The van der Waals surface area contributed by atoms with Crippen LogP contribution in [0.3, 0.4) is 0 Å². The van der Waals surface area contributed by atoms with Gasteiger partial charge in [-0.3, -0.25) is 4.79 Å². The Kier molecular flexibility index (Phi) is 7.61. The number of amides is 1. The van der Waals surface area contributed by atoms with Gasteiger partial charge in [-0.1, -0.05) is 13.0 Å². The molecule has 2 unspecified atom stereocenters. The first-order valence-corrected chi connectivity index (χ1v) is 6.01. The third kappa shape index (κ3) is 6.05. The summed E-state index contributed by atoms with van der Waals surface area (Å²) in [6.07, 6.45) is 2.19. The summed E-state index contributed by atoms with van der Waals surface area (Å²) in [4.78, 5) is 11.4. The molecule has 0 aliphatic carbocycles. The van der Waals surface area contributed by atoms with Gasteiger partial charge in [-0.15, -0.1) is 6.58 Å². The monoisotopic (exact) mass is 216 g/mol. The van der Waals surface area contributed by atoms with Crippen LogP contribution in [-0.2, 0) is 4.79 Å². The van der Waals surface area contributed by atoms with Crippen molar-refractivity contribution < 1.29 is 4.79 Å². The molecular formula is C10H20N2OS. The standard InChI is InChI=1S/C10H20N2OS/c1-4-6-9(11)10(13)12-8(3)7-14-5-2/h4,8-9H,1,5-7,11H2,2-3H3,(H,12,13). The lowest BCUT2D eigenvalue weighted by Gasteiger charge is -2.16. The van der Waals surface area contributed by atoms with Crippen LogP contribution in [0.25, 0.3) is 0 Å². The van der Waals surface area contributed by atoms with E-state index in [1.165, 1.54) is 0 Å². The van der Waals surface area contributed by atoms with Crippen molar-refractivity contribution in [2.24, 2.45) is 5.73 Å². The predicted molar refractivity (Wildman–Crippen MR) is 63.4 cm³/mol. The molecule has 82 valence electrons. The predicted octanol–water partition coefficient (Wildman–Crippen LogP) is 1.15. The van der Waals surface area contributed by atoms with Gasteiger partial charge >= 0.3 is 0 Å². The molecule has 4 heteroatoms. The van der Waals surface area contributed by atoms with Crippen LogP contribution in [0.15, 0.2) is 12.7 Å². The van der Waals surface area contributed by atoms with Crippen LogP contribution in [0.4, 0.5) is 0 Å². The van der Waals surface area contributed by atoms with Crippen molar-refractivity contribution in [3.05, 3.63) is 12.7 Å². The van der Waals surface area contributed by atoms with Gasteiger partial charge in [-0.05, 0) is 19.1 Å². The molecule has 0 aliphatic rings. The number of hydrogen-bond donors (Lipinski definition) is 2. The Morgan fingerprint density at radius 1 is 1.71 bits per heavy atom. The second-order valence-electron chi connectivity index (χ2n) is 3.20. The molecule has 14 heavy (non-hydrogen) atoms. The third-order valence-electron chi connectivity index (χ3n) is 1.72. The largest absolute Gasteiger partial charge is 0.351 e. The Morgan fingerprint density at radius 2 is 2.36 bits per heavy atom. The molecule has 0 spiro atoms. The maximum atomic E-state index is 11.4. The maximum Gasteiger partial charge on any atom is 0.237 e. The highest BCUT2D eigenvalue weighted by atomic mass is 32.2. The van der Waals surface area contributed by atoms with E-state index in [1.54, 1.807) is 6.08 Å². The van der Waals surface area contributed by atoms with Gasteiger partial charge in [0.05, 0.1) is 6.04 Å². The van der Waals surface area contributed by atoms with E-state index in [2.05, 4.69) is 18.8 Å². The molecule has 0 radical (unpaired) electrons. The van der Waals surface area contributed by atoms with Crippen LogP contribution >= 0.6 is 11.8 Å². The average Bonchev–Trinajstić information content (AvgIpc) is 2.15. The molecule has 1 amide bonds. The number of rotatable bonds is 7. The zero-order chi connectivity index (χ0) is 11.0. The first kappa shape index (κ1) is 13.5. The molecule has 0 aliphatic heterocycles. The van der Waals surface area contributed by atoms with Gasteiger partial charge in [0, 0.05) is 11.8 Å². The first-order chi connectivity index (χ1) is 6.61. The van der Waals surface area contributed by atoms with Crippen LogP contribution < -0.4 is 11.1 Å². The summed E-state index contributed by atoms with van der Waals surface area (Å²) in [7, 11) is 0. The van der Waals surface area contributed by atoms with E-state index >= 15 is 0 Å². The average molecular weight is 216 g/mol. The van der Waals surface area contributed by atoms with E-state index in [1.807, 2.05) is 18.7 Å². The number of nitrogens with two attached hydrogens (primary N) is 1. The van der Waals surface area contributed by atoms with Gasteiger partial charge in [0.2, 0.25) is 5.91 Å². The van der Waals surface area contributed by atoms with Crippen molar-refractivity contribution in [3.8, 4) is 0 Å². The number of carbonyl (C=O) groups excluding carboxylic acids is 1. The first-order valence-electron chi connectivity index (χ1n) is 4.86. The summed E-state index contributed by atoms with van der Waals surface area (Å²) in [6, 6.07) is -0.273. The molecule has 2 atom stereocenters. The summed E-state index contributed by atoms with van der Waals surface area (Å²) in [6.45, 7) is 7.63. The number of nitrogens with one attached hydrogen (secondary N) is 1. The van der Waals surface area contributed by atoms with Gasteiger partial charge in [0.1, 0.15) is 0 Å². The minimum absolute atomic E-state index is 0.0888. The van der Waals surface area contributed by atoms with Crippen molar-refractivity contribution in [1.29, 1.82) is 0 Å². The molecule has 0 saturated carbocycles. The molecule has 0 aromatic heterocycles. The van der Waals surface area contributed by atoms with Crippen molar-refractivity contribution in [3.63, 3.8) is 0 Å². The summed E-state index contributed by atoms with van der Waals surface area (Å²) in [5.41, 5.74) is 5.61. The van der Waals surface area contributed by atoms with Crippen LogP contribution in [0.1, 0.15) is 20.3 Å². The minimum Gasteiger partial charge on any atom is -0.351 e. The molecular weight excluding hydrogens is 196 g/mol. The lowest BCUT2D eigenvalue weighted by Crippen LogP contribution is -2.45. The number of hydrogen-bond acceptors (Lipinski definition) is 3. The summed E-state index contributed by atoms with van der Waals surface area (Å²) in [5, 5.41) is 2.87. The normalized spacial score (nSPS) is 14.5. The molecule has 3 nitrogen and oxygen atoms in total. The Bertz CT molecular complexity index is 185. The van der Waals surface area contributed by atoms with Gasteiger partial charge in [0.25, 0.3) is 0 Å². The highest BCUT2D eigenvalue weighted by Crippen LogP contribution is 2.01. The van der Waals surface area contributed by atoms with E-state index in [-0.39, 0.29) is 11.9 Å². The molecule has 3 N–H and O–H groups in total. The van der Waals surface area contributed by atoms with Gasteiger partial charge in [0.15, 0.2) is 0 Å². The van der Waals surface area contributed by atoms with Crippen molar-refractivity contribution in [2.75, 3.05) is 11.5 Å². The van der Waals surface area contributed by atoms with E-state index in [0.29, 0.717) is 6.42 Å². The summed E-state index contributed by atoms with van der Waals surface area (Å²) >= 11 is 1.81. The number of thioether (sulfide) groups is 1. The lowest BCUT2D eigenvalue weighted by atomic mass is 10.2. The van der Waals surface area contributed by atoms with E-state index < -0.39 is 6.04 Å². The van der Waals surface area contributed by atoms with E-state index in [0.717, 1.165) is 11.5 Å². The topological polar surface area (TPSA) is 55.1 Å². The highest BCUT2D eigenvalue weighted by Gasteiger charge is 2.13. The van der Waals surface area contributed by atoms with Crippen LogP contribution in [-0.4, -0.2) is 29.5 Å². The zero-order valence-corrected chi connectivity index (χ0v) is 9.77. The quantitative estimate of drug-likeness (QED) is 0.628. The second-order valence-corrected chi connectivity index (χ2v) is 4.52. The molecule has 0 fully saturated rings. The minimum atomic E-state index is -0.457.